The van der Waals surface area contributed by atoms with Gasteiger partial charge in [0, 0.05) is 18.7 Å². The van der Waals surface area contributed by atoms with Crippen molar-refractivity contribution >= 4 is 23.6 Å². The molecule has 1 aromatic carbocycles. The second-order valence-electron chi connectivity index (χ2n) is 6.26. The first-order chi connectivity index (χ1) is 12.1. The van der Waals surface area contributed by atoms with Gasteiger partial charge in [-0.05, 0) is 38.5 Å². The van der Waals surface area contributed by atoms with Gasteiger partial charge < -0.3 is 15.0 Å². The molecular formula is C19H28N2O3S. The Labute approximate surface area is 154 Å². The number of rotatable bonds is 8. The van der Waals surface area contributed by atoms with Gasteiger partial charge in [-0.1, -0.05) is 25.1 Å². The molecule has 2 rings (SSSR count). The number of likely N-dealkylation sites (tertiary alicyclic amines) is 1. The van der Waals surface area contributed by atoms with Crippen LogP contribution < -0.4 is 10.1 Å². The lowest BCUT2D eigenvalue weighted by atomic mass is 10.0. The lowest BCUT2D eigenvalue weighted by Crippen LogP contribution is -2.34. The largest absolute Gasteiger partial charge is 0.483 e. The fourth-order valence-electron chi connectivity index (χ4n) is 2.89. The molecule has 138 valence electrons. The average Bonchev–Trinajstić information content (AvgIpc) is 3.18. The van der Waals surface area contributed by atoms with Gasteiger partial charge in [-0.25, -0.2) is 0 Å². The molecule has 1 N–H and O–H groups in total. The molecule has 1 saturated heterocycles. The smallest absolute Gasteiger partial charge is 0.260 e. The van der Waals surface area contributed by atoms with Crippen LogP contribution in [-0.4, -0.2) is 47.9 Å². The molecule has 5 nitrogen and oxygen atoms in total. The molecule has 1 fully saturated rings. The van der Waals surface area contributed by atoms with Crippen molar-refractivity contribution < 1.29 is 14.3 Å². The van der Waals surface area contributed by atoms with Crippen molar-refractivity contribution in [2.75, 3.05) is 26.0 Å². The van der Waals surface area contributed by atoms with Crippen molar-refractivity contribution in [1.29, 1.82) is 0 Å². The maximum absolute atomic E-state index is 12.2. The highest BCUT2D eigenvalue weighted by Crippen LogP contribution is 2.28. The summed E-state index contributed by atoms with van der Waals surface area (Å²) >= 11 is 1.52. The first-order valence-corrected chi connectivity index (χ1v) is 10.2. The number of carbonyl (C=O) groups excluding carboxylic acids is 2. The predicted octanol–water partition coefficient (Wildman–Crippen LogP) is 3.01. The fraction of sp³-hybridized carbons (Fsp3) is 0.579. The van der Waals surface area contributed by atoms with Crippen LogP contribution in [0.3, 0.4) is 0 Å². The third-order valence-corrected chi connectivity index (χ3v) is 5.47. The molecule has 0 radical (unpaired) electrons. The van der Waals surface area contributed by atoms with Gasteiger partial charge in [-0.2, -0.15) is 11.8 Å². The number of hydrogen-bond donors (Lipinski definition) is 1. The van der Waals surface area contributed by atoms with Gasteiger partial charge in [0.05, 0.1) is 11.3 Å². The topological polar surface area (TPSA) is 58.6 Å². The summed E-state index contributed by atoms with van der Waals surface area (Å²) < 4.78 is 5.81. The summed E-state index contributed by atoms with van der Waals surface area (Å²) in [4.78, 5) is 26.3. The molecule has 2 unspecified atom stereocenters. The van der Waals surface area contributed by atoms with Crippen LogP contribution in [0.1, 0.15) is 44.7 Å². The van der Waals surface area contributed by atoms with Crippen LogP contribution in [0.15, 0.2) is 24.3 Å². The quantitative estimate of drug-likeness (QED) is 0.770. The number of nitrogens with zero attached hydrogens (tertiary/aromatic N) is 1. The van der Waals surface area contributed by atoms with Crippen molar-refractivity contribution in [3.05, 3.63) is 29.8 Å². The molecule has 6 heteroatoms. The highest BCUT2D eigenvalue weighted by Gasteiger charge is 2.22. The highest BCUT2D eigenvalue weighted by molar-refractivity contribution is 7.99. The molecule has 25 heavy (non-hydrogen) atoms. The molecule has 0 saturated carbocycles. The number of carbonyl (C=O) groups is 2. The van der Waals surface area contributed by atoms with E-state index in [-0.39, 0.29) is 29.7 Å². The number of para-hydroxylation sites is 1. The van der Waals surface area contributed by atoms with E-state index in [1.165, 1.54) is 11.8 Å². The Hall–Kier alpha value is -1.69. The van der Waals surface area contributed by atoms with Crippen molar-refractivity contribution in [1.82, 2.24) is 10.2 Å². The summed E-state index contributed by atoms with van der Waals surface area (Å²) in [5.41, 5.74) is 0.917. The lowest BCUT2D eigenvalue weighted by molar-refractivity contribution is -0.132. The Morgan fingerprint density at radius 3 is 2.60 bits per heavy atom. The van der Waals surface area contributed by atoms with Crippen molar-refractivity contribution in [3.8, 4) is 5.75 Å². The highest BCUT2D eigenvalue weighted by atomic mass is 32.2. The Balaban J connectivity index is 2.04. The van der Waals surface area contributed by atoms with Crippen LogP contribution in [-0.2, 0) is 9.59 Å². The molecular weight excluding hydrogens is 336 g/mol. The van der Waals surface area contributed by atoms with Gasteiger partial charge in [0.15, 0.2) is 6.61 Å². The Morgan fingerprint density at radius 2 is 1.96 bits per heavy atom. The molecule has 0 spiro atoms. The monoisotopic (exact) mass is 364 g/mol. The van der Waals surface area contributed by atoms with Crippen LogP contribution >= 0.6 is 11.8 Å². The van der Waals surface area contributed by atoms with E-state index in [2.05, 4.69) is 5.32 Å². The Bertz CT molecular complexity index is 588. The summed E-state index contributed by atoms with van der Waals surface area (Å²) in [6.07, 6.45) is 4.82. The Morgan fingerprint density at radius 1 is 1.28 bits per heavy atom. The first-order valence-electron chi connectivity index (χ1n) is 8.89. The maximum Gasteiger partial charge on any atom is 0.260 e. The maximum atomic E-state index is 12.2. The zero-order chi connectivity index (χ0) is 18.2. The normalized spacial score (nSPS) is 16.4. The van der Waals surface area contributed by atoms with E-state index in [9.17, 15) is 9.59 Å². The van der Waals surface area contributed by atoms with E-state index in [0.717, 1.165) is 37.9 Å². The molecule has 1 aromatic rings. The van der Waals surface area contributed by atoms with Gasteiger partial charge in [0.25, 0.3) is 5.91 Å². The molecule has 2 atom stereocenters. The van der Waals surface area contributed by atoms with E-state index in [4.69, 9.17) is 4.74 Å². The summed E-state index contributed by atoms with van der Waals surface area (Å²) in [7, 11) is 0. The molecule has 1 heterocycles. The SMILES string of the molecule is CCC(NC(=O)C(C)SC)c1ccccc1OCC(=O)N1CCCC1. The van der Waals surface area contributed by atoms with Gasteiger partial charge in [0.2, 0.25) is 5.91 Å². The van der Waals surface area contributed by atoms with Crippen LogP contribution in [0.25, 0.3) is 0 Å². The van der Waals surface area contributed by atoms with E-state index in [1.807, 2.05) is 49.3 Å². The number of thioether (sulfide) groups is 1. The number of ether oxygens (including phenoxy) is 1. The second-order valence-corrected chi connectivity index (χ2v) is 7.44. The number of amides is 2. The van der Waals surface area contributed by atoms with E-state index >= 15 is 0 Å². The second kappa shape index (κ2) is 9.70. The Kier molecular flexibility index (Phi) is 7.62. The summed E-state index contributed by atoms with van der Waals surface area (Å²) in [6, 6.07) is 7.50. The van der Waals surface area contributed by atoms with Crippen LogP contribution in [0, 0.1) is 0 Å². The van der Waals surface area contributed by atoms with Gasteiger partial charge >= 0.3 is 0 Å². The van der Waals surface area contributed by atoms with Crippen LogP contribution in [0.5, 0.6) is 5.75 Å². The lowest BCUT2D eigenvalue weighted by Gasteiger charge is -2.22. The van der Waals surface area contributed by atoms with E-state index < -0.39 is 0 Å². The van der Waals surface area contributed by atoms with Crippen molar-refractivity contribution in [3.63, 3.8) is 0 Å². The summed E-state index contributed by atoms with van der Waals surface area (Å²) in [6.45, 7) is 5.61. The third-order valence-electron chi connectivity index (χ3n) is 4.55. The first kappa shape index (κ1) is 19.6. The van der Waals surface area contributed by atoms with Gasteiger partial charge in [0.1, 0.15) is 5.75 Å². The minimum Gasteiger partial charge on any atom is -0.483 e. The third kappa shape index (κ3) is 5.39. The standard InChI is InChI=1S/C19H28N2O3S/c1-4-16(20-19(23)14(2)25-3)15-9-5-6-10-17(15)24-13-18(22)21-11-7-8-12-21/h5-6,9-10,14,16H,4,7-8,11-13H2,1-3H3,(H,20,23). The number of benzene rings is 1. The summed E-state index contributed by atoms with van der Waals surface area (Å²) in [5.74, 6) is 0.710. The number of hydrogen-bond acceptors (Lipinski definition) is 4. The van der Waals surface area contributed by atoms with Gasteiger partial charge in [-0.15, -0.1) is 0 Å². The molecule has 0 aliphatic carbocycles. The van der Waals surface area contributed by atoms with E-state index in [0.29, 0.717) is 5.75 Å². The molecule has 0 aromatic heterocycles. The van der Waals surface area contributed by atoms with E-state index in [1.54, 1.807) is 0 Å². The fourth-order valence-corrected chi connectivity index (χ4v) is 3.18. The minimum atomic E-state index is -0.125. The molecule has 2 amide bonds. The van der Waals surface area contributed by atoms with Crippen LogP contribution in [0.4, 0.5) is 0 Å². The molecule has 0 bridgehead atoms. The molecule has 1 aliphatic rings. The zero-order valence-corrected chi connectivity index (χ0v) is 16.1. The average molecular weight is 365 g/mol. The summed E-state index contributed by atoms with van der Waals surface area (Å²) in [5, 5.41) is 2.98. The predicted molar refractivity (Wildman–Crippen MR) is 102 cm³/mol. The number of nitrogens with one attached hydrogen (secondary N) is 1. The molecule has 1 aliphatic heterocycles. The van der Waals surface area contributed by atoms with Crippen molar-refractivity contribution in [2.45, 2.75) is 44.4 Å². The van der Waals surface area contributed by atoms with Crippen molar-refractivity contribution in [2.24, 2.45) is 0 Å². The van der Waals surface area contributed by atoms with Crippen LogP contribution in [0.2, 0.25) is 0 Å². The minimum absolute atomic E-state index is 0.0160. The zero-order valence-electron chi connectivity index (χ0n) is 15.3. The van der Waals surface area contributed by atoms with Gasteiger partial charge in [-0.3, -0.25) is 9.59 Å².